The second-order valence-electron chi connectivity index (χ2n) is 5.93. The summed E-state index contributed by atoms with van der Waals surface area (Å²) in [4.78, 5) is 7.11. The first kappa shape index (κ1) is 20.2. The minimum atomic E-state index is 0. The van der Waals surface area contributed by atoms with Crippen molar-refractivity contribution in [1.29, 1.82) is 0 Å². The SMILES string of the molecule is CCNC(=NCCCn1cc(C)cn1)N1CCC(COC)C1.I. The number of aliphatic imine (C=N–C) groups is 1. The third-order valence-corrected chi connectivity index (χ3v) is 3.89. The second kappa shape index (κ2) is 10.9. The molecule has 2 heterocycles. The van der Waals surface area contributed by atoms with Crippen molar-refractivity contribution in [2.24, 2.45) is 10.9 Å². The Morgan fingerprint density at radius 2 is 2.35 bits per heavy atom. The van der Waals surface area contributed by atoms with E-state index >= 15 is 0 Å². The monoisotopic (exact) mass is 435 g/mol. The van der Waals surface area contributed by atoms with E-state index in [-0.39, 0.29) is 24.0 Å². The zero-order chi connectivity index (χ0) is 15.8. The Bertz CT molecular complexity index is 477. The first-order valence-corrected chi connectivity index (χ1v) is 8.24. The van der Waals surface area contributed by atoms with Crippen LogP contribution in [-0.4, -0.2) is 60.5 Å². The van der Waals surface area contributed by atoms with Gasteiger partial charge in [-0.2, -0.15) is 5.10 Å². The lowest BCUT2D eigenvalue weighted by molar-refractivity contribution is 0.157. The Kier molecular flexibility index (Phi) is 9.54. The molecule has 1 fully saturated rings. The van der Waals surface area contributed by atoms with Gasteiger partial charge < -0.3 is 15.0 Å². The third-order valence-electron chi connectivity index (χ3n) is 3.89. The smallest absolute Gasteiger partial charge is 0.193 e. The van der Waals surface area contributed by atoms with Crippen molar-refractivity contribution in [2.45, 2.75) is 33.2 Å². The van der Waals surface area contributed by atoms with Crippen LogP contribution in [0.2, 0.25) is 0 Å². The highest BCUT2D eigenvalue weighted by molar-refractivity contribution is 14.0. The summed E-state index contributed by atoms with van der Waals surface area (Å²) < 4.78 is 7.25. The van der Waals surface area contributed by atoms with Crippen molar-refractivity contribution in [1.82, 2.24) is 20.0 Å². The Labute approximate surface area is 156 Å². The van der Waals surface area contributed by atoms with Crippen molar-refractivity contribution in [3.63, 3.8) is 0 Å². The van der Waals surface area contributed by atoms with E-state index < -0.39 is 0 Å². The van der Waals surface area contributed by atoms with Crippen LogP contribution in [0.1, 0.15) is 25.3 Å². The van der Waals surface area contributed by atoms with Gasteiger partial charge in [0.15, 0.2) is 5.96 Å². The molecule has 23 heavy (non-hydrogen) atoms. The maximum Gasteiger partial charge on any atom is 0.193 e. The number of nitrogens with one attached hydrogen (secondary N) is 1. The molecule has 0 saturated carbocycles. The predicted molar refractivity (Wildman–Crippen MR) is 105 cm³/mol. The zero-order valence-corrected chi connectivity index (χ0v) is 16.8. The number of aryl methyl sites for hydroxylation is 2. The highest BCUT2D eigenvalue weighted by atomic mass is 127. The summed E-state index contributed by atoms with van der Waals surface area (Å²) in [5.41, 5.74) is 1.21. The molecule has 0 aliphatic carbocycles. The minimum Gasteiger partial charge on any atom is -0.384 e. The summed E-state index contributed by atoms with van der Waals surface area (Å²) in [7, 11) is 1.78. The molecule has 0 aromatic carbocycles. The summed E-state index contributed by atoms with van der Waals surface area (Å²) in [5.74, 6) is 1.67. The fourth-order valence-corrected chi connectivity index (χ4v) is 2.83. The van der Waals surface area contributed by atoms with E-state index in [9.17, 15) is 0 Å². The van der Waals surface area contributed by atoms with E-state index in [0.717, 1.165) is 51.7 Å². The van der Waals surface area contributed by atoms with Crippen LogP contribution in [-0.2, 0) is 11.3 Å². The number of methoxy groups -OCH3 is 1. The van der Waals surface area contributed by atoms with Crippen LogP contribution in [0.4, 0.5) is 0 Å². The quantitative estimate of drug-likeness (QED) is 0.309. The first-order valence-electron chi connectivity index (χ1n) is 8.24. The molecule has 1 aliphatic rings. The number of hydrogen-bond acceptors (Lipinski definition) is 3. The Balaban J connectivity index is 0.00000264. The van der Waals surface area contributed by atoms with Gasteiger partial charge in [-0.05, 0) is 32.3 Å². The topological polar surface area (TPSA) is 54.7 Å². The molecular weight excluding hydrogens is 405 g/mol. The van der Waals surface area contributed by atoms with Crippen LogP contribution in [0, 0.1) is 12.8 Å². The highest BCUT2D eigenvalue weighted by Crippen LogP contribution is 2.16. The maximum absolute atomic E-state index is 5.27. The summed E-state index contributed by atoms with van der Waals surface area (Å²) in [6.45, 7) is 9.78. The maximum atomic E-state index is 5.27. The van der Waals surface area contributed by atoms with Gasteiger partial charge in [-0.1, -0.05) is 0 Å². The van der Waals surface area contributed by atoms with Crippen molar-refractivity contribution in [3.05, 3.63) is 18.0 Å². The summed E-state index contributed by atoms with van der Waals surface area (Å²) in [5, 5.41) is 7.71. The van der Waals surface area contributed by atoms with E-state index in [4.69, 9.17) is 9.73 Å². The molecule has 1 N–H and O–H groups in total. The largest absolute Gasteiger partial charge is 0.384 e. The van der Waals surface area contributed by atoms with Gasteiger partial charge in [-0.3, -0.25) is 9.67 Å². The Morgan fingerprint density at radius 1 is 1.52 bits per heavy atom. The number of ether oxygens (including phenoxy) is 1. The molecule has 7 heteroatoms. The molecule has 2 rings (SSSR count). The number of likely N-dealkylation sites (tertiary alicyclic amines) is 1. The predicted octanol–water partition coefficient (Wildman–Crippen LogP) is 2.13. The van der Waals surface area contributed by atoms with Crippen LogP contribution < -0.4 is 5.32 Å². The Morgan fingerprint density at radius 3 is 3.00 bits per heavy atom. The molecule has 0 radical (unpaired) electrons. The standard InChI is InChI=1S/C16H29N5O.HI/c1-4-17-16(20-9-6-15(12-20)13-22-3)18-7-5-8-21-11-14(2)10-19-21;/h10-11,15H,4-9,12-13H2,1-3H3,(H,17,18);1H. The van der Waals surface area contributed by atoms with Gasteiger partial charge in [-0.15, -0.1) is 24.0 Å². The van der Waals surface area contributed by atoms with Gasteiger partial charge in [0, 0.05) is 51.9 Å². The average molecular weight is 435 g/mol. The summed E-state index contributed by atoms with van der Waals surface area (Å²) in [6, 6.07) is 0. The molecule has 6 nitrogen and oxygen atoms in total. The highest BCUT2D eigenvalue weighted by Gasteiger charge is 2.24. The minimum absolute atomic E-state index is 0. The molecule has 1 aliphatic heterocycles. The average Bonchev–Trinajstić information content (AvgIpc) is 3.12. The van der Waals surface area contributed by atoms with Gasteiger partial charge in [0.25, 0.3) is 0 Å². The summed E-state index contributed by atoms with van der Waals surface area (Å²) in [6.07, 6.45) is 6.16. The number of hydrogen-bond donors (Lipinski definition) is 1. The lowest BCUT2D eigenvalue weighted by atomic mass is 10.1. The molecule has 0 amide bonds. The van der Waals surface area contributed by atoms with Crippen molar-refractivity contribution in [2.75, 3.05) is 39.9 Å². The molecule has 1 unspecified atom stereocenters. The third kappa shape index (κ3) is 6.66. The van der Waals surface area contributed by atoms with Crippen LogP contribution in [0.25, 0.3) is 0 Å². The fourth-order valence-electron chi connectivity index (χ4n) is 2.83. The fraction of sp³-hybridized carbons (Fsp3) is 0.750. The molecule has 1 atom stereocenters. The van der Waals surface area contributed by atoms with Crippen LogP contribution >= 0.6 is 24.0 Å². The number of guanidine groups is 1. The van der Waals surface area contributed by atoms with Crippen LogP contribution in [0.3, 0.4) is 0 Å². The van der Waals surface area contributed by atoms with E-state index in [2.05, 4.69) is 35.4 Å². The number of rotatable bonds is 7. The lowest BCUT2D eigenvalue weighted by Gasteiger charge is -2.21. The molecule has 132 valence electrons. The van der Waals surface area contributed by atoms with E-state index in [1.807, 2.05) is 10.9 Å². The van der Waals surface area contributed by atoms with E-state index in [1.165, 1.54) is 12.0 Å². The first-order chi connectivity index (χ1) is 10.7. The molecule has 1 saturated heterocycles. The number of halogens is 1. The van der Waals surface area contributed by atoms with Crippen molar-refractivity contribution >= 4 is 29.9 Å². The lowest BCUT2D eigenvalue weighted by Crippen LogP contribution is -2.40. The Hall–Kier alpha value is -0.830. The van der Waals surface area contributed by atoms with Gasteiger partial charge in [-0.25, -0.2) is 0 Å². The number of nitrogens with zero attached hydrogens (tertiary/aromatic N) is 4. The van der Waals surface area contributed by atoms with Crippen LogP contribution in [0.5, 0.6) is 0 Å². The van der Waals surface area contributed by atoms with Gasteiger partial charge >= 0.3 is 0 Å². The zero-order valence-electron chi connectivity index (χ0n) is 14.5. The van der Waals surface area contributed by atoms with Gasteiger partial charge in [0.2, 0.25) is 0 Å². The molecule has 0 spiro atoms. The van der Waals surface area contributed by atoms with Gasteiger partial charge in [0.1, 0.15) is 0 Å². The summed E-state index contributed by atoms with van der Waals surface area (Å²) >= 11 is 0. The van der Waals surface area contributed by atoms with E-state index in [1.54, 1.807) is 7.11 Å². The van der Waals surface area contributed by atoms with Crippen LogP contribution in [0.15, 0.2) is 17.4 Å². The molecule has 1 aromatic heterocycles. The molecular formula is C16H30IN5O. The van der Waals surface area contributed by atoms with Crippen molar-refractivity contribution in [3.8, 4) is 0 Å². The second-order valence-corrected chi connectivity index (χ2v) is 5.93. The van der Waals surface area contributed by atoms with Crippen molar-refractivity contribution < 1.29 is 4.74 Å². The number of aromatic nitrogens is 2. The molecule has 0 bridgehead atoms. The molecule has 1 aromatic rings. The normalized spacial score (nSPS) is 18.1. The van der Waals surface area contributed by atoms with Gasteiger partial charge in [0.05, 0.1) is 12.8 Å². The van der Waals surface area contributed by atoms with E-state index in [0.29, 0.717) is 5.92 Å².